The lowest BCUT2D eigenvalue weighted by Gasteiger charge is -2.20. The number of carbonyl (C=O) groups excluding carboxylic acids is 1. The van der Waals surface area contributed by atoms with Crippen LogP contribution < -0.4 is 10.6 Å². The van der Waals surface area contributed by atoms with Gasteiger partial charge in [0.05, 0.1) is 12.3 Å². The van der Waals surface area contributed by atoms with Crippen LogP contribution in [0.5, 0.6) is 0 Å². The summed E-state index contributed by atoms with van der Waals surface area (Å²) < 4.78 is 7.35. The number of hydrogen-bond acceptors (Lipinski definition) is 4. The molecule has 0 radical (unpaired) electrons. The molecule has 0 spiro atoms. The van der Waals surface area contributed by atoms with E-state index in [9.17, 15) is 4.79 Å². The molecule has 160 valence electrons. The smallest absolute Gasteiger partial charge is 0.243 e. The van der Waals surface area contributed by atoms with E-state index in [1.165, 1.54) is 11.3 Å². The van der Waals surface area contributed by atoms with Crippen molar-refractivity contribution in [2.45, 2.75) is 39.7 Å². The van der Waals surface area contributed by atoms with Crippen molar-refractivity contribution in [2.75, 3.05) is 40.4 Å². The number of halogens is 1. The number of guanidine groups is 1. The summed E-state index contributed by atoms with van der Waals surface area (Å²) >= 11 is 0. The zero-order valence-corrected chi connectivity index (χ0v) is 20.2. The maximum atomic E-state index is 11.9. The lowest BCUT2D eigenvalue weighted by atomic mass is 10.1. The fraction of sp³-hybridized carbons (Fsp3) is 0.737. The number of nitrogens with zero attached hydrogens (tertiary/aromatic N) is 4. The van der Waals surface area contributed by atoms with E-state index in [0.29, 0.717) is 11.9 Å². The highest BCUT2D eigenvalue weighted by molar-refractivity contribution is 14.0. The number of nitrogens with one attached hydrogen (secondary N) is 2. The lowest BCUT2D eigenvalue weighted by molar-refractivity contribution is -0.127. The van der Waals surface area contributed by atoms with Gasteiger partial charge < -0.3 is 20.3 Å². The molecule has 9 heteroatoms. The van der Waals surface area contributed by atoms with Crippen molar-refractivity contribution >= 4 is 35.8 Å². The van der Waals surface area contributed by atoms with Crippen molar-refractivity contribution in [3.8, 4) is 0 Å². The highest BCUT2D eigenvalue weighted by atomic mass is 127. The molecule has 1 aliphatic heterocycles. The maximum absolute atomic E-state index is 11.9. The highest BCUT2D eigenvalue weighted by Gasteiger charge is 2.18. The van der Waals surface area contributed by atoms with Crippen LogP contribution in [-0.2, 0) is 23.0 Å². The Hall–Kier alpha value is -1.36. The van der Waals surface area contributed by atoms with Crippen molar-refractivity contribution in [3.05, 3.63) is 17.0 Å². The van der Waals surface area contributed by atoms with Crippen LogP contribution in [-0.4, -0.2) is 73.0 Å². The van der Waals surface area contributed by atoms with E-state index in [1.54, 1.807) is 19.0 Å². The molecule has 2 unspecified atom stereocenters. The number of rotatable bonds is 7. The van der Waals surface area contributed by atoms with Crippen LogP contribution in [0.4, 0.5) is 0 Å². The number of aryl methyl sites for hydroxylation is 2. The van der Waals surface area contributed by atoms with Gasteiger partial charge in [0, 0.05) is 51.9 Å². The van der Waals surface area contributed by atoms with E-state index in [-0.39, 0.29) is 42.5 Å². The predicted octanol–water partition coefficient (Wildman–Crippen LogP) is 1.25. The first-order valence-corrected chi connectivity index (χ1v) is 9.59. The van der Waals surface area contributed by atoms with Crippen molar-refractivity contribution in [1.82, 2.24) is 25.3 Å². The molecule has 8 nitrogen and oxygen atoms in total. The summed E-state index contributed by atoms with van der Waals surface area (Å²) in [5, 5.41) is 11.3. The minimum atomic E-state index is -0.0214. The van der Waals surface area contributed by atoms with Crippen LogP contribution in [0.25, 0.3) is 0 Å². The molecular formula is C19H35IN6O2. The molecule has 1 fully saturated rings. The van der Waals surface area contributed by atoms with E-state index >= 15 is 0 Å². The van der Waals surface area contributed by atoms with Gasteiger partial charge in [-0.15, -0.1) is 24.0 Å². The SMILES string of the molecule is Cc1nn(C)c(C)c1CC(C)NC(=NCC(=O)N(C)C)NCC1CCOC1.I. The summed E-state index contributed by atoms with van der Waals surface area (Å²) in [5.74, 6) is 1.13. The average molecular weight is 506 g/mol. The maximum Gasteiger partial charge on any atom is 0.243 e. The Bertz CT molecular complexity index is 668. The highest BCUT2D eigenvalue weighted by Crippen LogP contribution is 2.14. The van der Waals surface area contributed by atoms with Gasteiger partial charge in [0.15, 0.2) is 5.96 Å². The second-order valence-corrected chi connectivity index (χ2v) is 7.59. The van der Waals surface area contributed by atoms with Gasteiger partial charge in [-0.3, -0.25) is 9.48 Å². The average Bonchev–Trinajstić information content (AvgIpc) is 3.21. The van der Waals surface area contributed by atoms with Crippen LogP contribution >= 0.6 is 24.0 Å². The first kappa shape index (κ1) is 24.7. The fourth-order valence-electron chi connectivity index (χ4n) is 3.13. The third-order valence-corrected chi connectivity index (χ3v) is 5.01. The Kier molecular flexibility index (Phi) is 10.2. The van der Waals surface area contributed by atoms with E-state index in [2.05, 4.69) is 34.6 Å². The molecule has 0 saturated carbocycles. The minimum Gasteiger partial charge on any atom is -0.381 e. The van der Waals surface area contributed by atoms with Gasteiger partial charge in [0.2, 0.25) is 5.91 Å². The van der Waals surface area contributed by atoms with Gasteiger partial charge in [-0.25, -0.2) is 4.99 Å². The van der Waals surface area contributed by atoms with Crippen LogP contribution in [0.2, 0.25) is 0 Å². The van der Waals surface area contributed by atoms with Gasteiger partial charge in [-0.05, 0) is 39.2 Å². The largest absolute Gasteiger partial charge is 0.381 e. The zero-order valence-electron chi connectivity index (χ0n) is 17.9. The molecule has 2 heterocycles. The van der Waals surface area contributed by atoms with Crippen molar-refractivity contribution in [2.24, 2.45) is 18.0 Å². The van der Waals surface area contributed by atoms with Gasteiger partial charge in [0.25, 0.3) is 0 Å². The second kappa shape index (κ2) is 11.6. The monoisotopic (exact) mass is 506 g/mol. The van der Waals surface area contributed by atoms with Crippen molar-refractivity contribution < 1.29 is 9.53 Å². The van der Waals surface area contributed by atoms with Crippen molar-refractivity contribution in [1.29, 1.82) is 0 Å². The van der Waals surface area contributed by atoms with E-state index < -0.39 is 0 Å². The Labute approximate surface area is 185 Å². The molecule has 2 atom stereocenters. The number of aliphatic imine (C=N–C) groups is 1. The standard InChI is InChI=1S/C19H34N6O2.HI/c1-13(9-17-14(2)23-25(6)15(17)3)22-19(21-11-18(26)24(4)5)20-10-16-7-8-27-12-16;/h13,16H,7-12H2,1-6H3,(H2,20,21,22);1H. The van der Waals surface area contributed by atoms with Crippen LogP contribution in [0.3, 0.4) is 0 Å². The number of ether oxygens (including phenoxy) is 1. The summed E-state index contributed by atoms with van der Waals surface area (Å²) in [6.07, 6.45) is 1.90. The molecule has 0 bridgehead atoms. The van der Waals surface area contributed by atoms with Crippen LogP contribution in [0.15, 0.2) is 4.99 Å². The number of carbonyl (C=O) groups is 1. The summed E-state index contributed by atoms with van der Waals surface area (Å²) in [5.41, 5.74) is 3.49. The third-order valence-electron chi connectivity index (χ3n) is 5.01. The van der Waals surface area contributed by atoms with E-state index in [1.807, 2.05) is 18.7 Å². The summed E-state index contributed by atoms with van der Waals surface area (Å²) in [6, 6.07) is 0.159. The van der Waals surface area contributed by atoms with Crippen molar-refractivity contribution in [3.63, 3.8) is 0 Å². The molecule has 0 aromatic carbocycles. The van der Waals surface area contributed by atoms with Gasteiger partial charge in [0.1, 0.15) is 6.54 Å². The molecule has 2 rings (SSSR count). The number of aromatic nitrogens is 2. The van der Waals surface area contributed by atoms with Gasteiger partial charge in [-0.2, -0.15) is 5.10 Å². The van der Waals surface area contributed by atoms with E-state index in [0.717, 1.165) is 38.3 Å². The Morgan fingerprint density at radius 1 is 1.43 bits per heavy atom. The molecule has 1 aliphatic rings. The van der Waals surface area contributed by atoms with Crippen LogP contribution in [0, 0.1) is 19.8 Å². The van der Waals surface area contributed by atoms with Gasteiger partial charge in [-0.1, -0.05) is 0 Å². The zero-order chi connectivity index (χ0) is 20.0. The quantitative estimate of drug-likeness (QED) is 0.331. The molecule has 1 aromatic rings. The summed E-state index contributed by atoms with van der Waals surface area (Å²) in [6.45, 7) is 8.77. The number of hydrogen-bond donors (Lipinski definition) is 2. The molecule has 2 N–H and O–H groups in total. The Morgan fingerprint density at radius 2 is 2.14 bits per heavy atom. The fourth-order valence-corrected chi connectivity index (χ4v) is 3.13. The first-order valence-electron chi connectivity index (χ1n) is 9.59. The molecule has 1 aromatic heterocycles. The third kappa shape index (κ3) is 7.23. The Balaban J connectivity index is 0.00000392. The molecule has 1 saturated heterocycles. The molecule has 1 amide bonds. The van der Waals surface area contributed by atoms with Gasteiger partial charge >= 0.3 is 0 Å². The minimum absolute atomic E-state index is 0. The number of amides is 1. The Morgan fingerprint density at radius 3 is 2.68 bits per heavy atom. The predicted molar refractivity (Wildman–Crippen MR) is 122 cm³/mol. The number of likely N-dealkylation sites (N-methyl/N-ethyl adjacent to an activating group) is 1. The van der Waals surface area contributed by atoms with Crippen LogP contribution in [0.1, 0.15) is 30.3 Å². The summed E-state index contributed by atoms with van der Waals surface area (Å²) in [7, 11) is 5.45. The first-order chi connectivity index (χ1) is 12.8. The lowest BCUT2D eigenvalue weighted by Crippen LogP contribution is -2.45. The van der Waals surface area contributed by atoms with E-state index in [4.69, 9.17) is 4.74 Å². The normalized spacial score (nSPS) is 17.8. The molecule has 0 aliphatic carbocycles. The topological polar surface area (TPSA) is 83.8 Å². The second-order valence-electron chi connectivity index (χ2n) is 7.59. The molecular weight excluding hydrogens is 471 g/mol. The molecule has 28 heavy (non-hydrogen) atoms. The summed E-state index contributed by atoms with van der Waals surface area (Å²) in [4.78, 5) is 17.9.